The third-order valence-corrected chi connectivity index (χ3v) is 4.93. The van der Waals surface area contributed by atoms with Crippen LogP contribution in [0.25, 0.3) is 11.1 Å². The van der Waals surface area contributed by atoms with Crippen LogP contribution in [0.3, 0.4) is 0 Å². The average molecular weight is 388 g/mol. The Balaban J connectivity index is 1.75. The number of aliphatic carboxylic acids is 2. The molecular weight excluding hydrogens is 368 g/mol. The van der Waals surface area contributed by atoms with Crippen LogP contribution < -0.4 is 0 Å². The van der Waals surface area contributed by atoms with E-state index >= 15 is 0 Å². The lowest BCUT2D eigenvalue weighted by molar-refractivity contribution is -0.144. The number of rotatable bonds is 10. The number of carboxylic acids is 2. The Morgan fingerprint density at radius 2 is 1.56 bits per heavy atom. The molecule has 2 N–H and O–H groups in total. The van der Waals surface area contributed by atoms with Gasteiger partial charge in [0, 0.05) is 5.75 Å². The molecule has 0 fully saturated rings. The summed E-state index contributed by atoms with van der Waals surface area (Å²) in [6.45, 7) is 0.135. The second-order valence-corrected chi connectivity index (χ2v) is 7.08. The number of hydrogen-bond donors (Lipinski definition) is 2. The molecule has 0 heterocycles. The van der Waals surface area contributed by atoms with Crippen molar-refractivity contribution in [1.29, 1.82) is 0 Å². The molecule has 2 aromatic carbocycles. The minimum absolute atomic E-state index is 0.0240. The number of carboxylic acid groups (broad SMARTS) is 2. The van der Waals surface area contributed by atoms with E-state index in [-0.39, 0.29) is 18.8 Å². The van der Waals surface area contributed by atoms with Crippen molar-refractivity contribution in [2.45, 2.75) is 24.7 Å². The van der Waals surface area contributed by atoms with Crippen LogP contribution in [0.5, 0.6) is 0 Å². The predicted molar refractivity (Wildman–Crippen MR) is 102 cm³/mol. The first-order valence-corrected chi connectivity index (χ1v) is 9.37. The molecule has 0 aliphatic rings. The number of thioether (sulfide) groups is 1. The Kier molecular flexibility index (Phi) is 7.88. The lowest BCUT2D eigenvalue weighted by atomic mass is 10.0. The van der Waals surface area contributed by atoms with Gasteiger partial charge in [-0.25, -0.2) is 0 Å². The van der Waals surface area contributed by atoms with Crippen molar-refractivity contribution in [3.63, 3.8) is 0 Å². The first-order chi connectivity index (χ1) is 13.0. The molecule has 0 saturated carbocycles. The number of ether oxygens (including phenoxy) is 1. The van der Waals surface area contributed by atoms with Crippen molar-refractivity contribution >= 4 is 29.7 Å². The summed E-state index contributed by atoms with van der Waals surface area (Å²) < 4.78 is 5.18. The second kappa shape index (κ2) is 10.4. The fraction of sp³-hybridized carbons (Fsp3) is 0.250. The van der Waals surface area contributed by atoms with Gasteiger partial charge in [0.2, 0.25) is 0 Å². The van der Waals surface area contributed by atoms with Crippen LogP contribution in [-0.4, -0.2) is 39.1 Å². The molecule has 0 bridgehead atoms. The van der Waals surface area contributed by atoms with Gasteiger partial charge in [-0.2, -0.15) is 0 Å². The highest BCUT2D eigenvalue weighted by Gasteiger charge is 2.21. The van der Waals surface area contributed by atoms with E-state index in [1.54, 1.807) is 0 Å². The van der Waals surface area contributed by atoms with Crippen LogP contribution in [0.4, 0.5) is 0 Å². The molecular formula is C20H20O6S. The van der Waals surface area contributed by atoms with Gasteiger partial charge < -0.3 is 14.9 Å². The van der Waals surface area contributed by atoms with Gasteiger partial charge in [0.05, 0.1) is 12.8 Å². The minimum atomic E-state index is -1.20. The topological polar surface area (TPSA) is 101 Å². The van der Waals surface area contributed by atoms with E-state index in [1.165, 1.54) is 0 Å². The summed E-state index contributed by atoms with van der Waals surface area (Å²) in [5, 5.41) is 16.6. The summed E-state index contributed by atoms with van der Waals surface area (Å²) in [7, 11) is 0. The van der Waals surface area contributed by atoms with Gasteiger partial charge in [-0.05, 0) is 16.7 Å². The predicted octanol–water partition coefficient (Wildman–Crippen LogP) is 3.45. The zero-order valence-electron chi connectivity index (χ0n) is 14.5. The maximum Gasteiger partial charge on any atom is 0.317 e. The molecule has 2 rings (SSSR count). The molecule has 0 aliphatic heterocycles. The Morgan fingerprint density at radius 3 is 2.15 bits per heavy atom. The standard InChI is InChI=1S/C20H20O6S/c21-18(22)12-17(20(24)25)27-11-10-19(23)26-13-14-6-8-16(9-7-14)15-4-2-1-3-5-15/h1-9,17H,10-13H2,(H,21,22)(H,24,25). The van der Waals surface area contributed by atoms with Gasteiger partial charge >= 0.3 is 17.9 Å². The highest BCUT2D eigenvalue weighted by molar-refractivity contribution is 8.00. The molecule has 2 aromatic rings. The maximum atomic E-state index is 11.8. The van der Waals surface area contributed by atoms with Crippen molar-refractivity contribution in [3.8, 4) is 11.1 Å². The SMILES string of the molecule is O=C(O)CC(SCCC(=O)OCc1ccc(-c2ccccc2)cc1)C(=O)O. The molecule has 0 radical (unpaired) electrons. The summed E-state index contributed by atoms with van der Waals surface area (Å²) in [6.07, 6.45) is -0.459. The van der Waals surface area contributed by atoms with Gasteiger partial charge in [-0.1, -0.05) is 54.6 Å². The van der Waals surface area contributed by atoms with E-state index < -0.39 is 29.6 Å². The Bertz CT molecular complexity index is 773. The highest BCUT2D eigenvalue weighted by atomic mass is 32.2. The second-order valence-electron chi connectivity index (χ2n) is 5.77. The van der Waals surface area contributed by atoms with Crippen molar-refractivity contribution < 1.29 is 29.3 Å². The van der Waals surface area contributed by atoms with Crippen LogP contribution in [0.1, 0.15) is 18.4 Å². The quantitative estimate of drug-likeness (QED) is 0.601. The van der Waals surface area contributed by atoms with Gasteiger partial charge in [-0.15, -0.1) is 11.8 Å². The van der Waals surface area contributed by atoms with Gasteiger partial charge in [0.25, 0.3) is 0 Å². The van der Waals surface area contributed by atoms with Crippen LogP contribution >= 0.6 is 11.8 Å². The van der Waals surface area contributed by atoms with E-state index in [4.69, 9.17) is 14.9 Å². The number of hydrogen-bond acceptors (Lipinski definition) is 5. The zero-order chi connectivity index (χ0) is 19.6. The first-order valence-electron chi connectivity index (χ1n) is 8.32. The van der Waals surface area contributed by atoms with Crippen molar-refractivity contribution in [3.05, 3.63) is 60.2 Å². The van der Waals surface area contributed by atoms with Crippen LogP contribution in [-0.2, 0) is 25.7 Å². The monoisotopic (exact) mass is 388 g/mol. The summed E-state index contributed by atoms with van der Waals surface area (Å²) in [5.74, 6) is -2.64. The van der Waals surface area contributed by atoms with E-state index in [0.717, 1.165) is 28.5 Å². The van der Waals surface area contributed by atoms with Crippen LogP contribution in [0.2, 0.25) is 0 Å². The van der Waals surface area contributed by atoms with E-state index in [1.807, 2.05) is 54.6 Å². The Labute approximate surface area is 161 Å². The molecule has 0 aliphatic carbocycles. The molecule has 1 unspecified atom stereocenters. The lowest BCUT2D eigenvalue weighted by Crippen LogP contribution is -2.21. The normalized spacial score (nSPS) is 11.6. The number of esters is 1. The molecule has 0 aromatic heterocycles. The number of carbonyl (C=O) groups excluding carboxylic acids is 1. The summed E-state index contributed by atoms with van der Waals surface area (Å²) in [4.78, 5) is 33.3. The first kappa shape index (κ1) is 20.5. The molecule has 0 spiro atoms. The molecule has 27 heavy (non-hydrogen) atoms. The summed E-state index contributed by atoms with van der Waals surface area (Å²) in [6, 6.07) is 17.6. The molecule has 6 nitrogen and oxygen atoms in total. The lowest BCUT2D eigenvalue weighted by Gasteiger charge is -2.09. The summed E-state index contributed by atoms with van der Waals surface area (Å²) in [5.41, 5.74) is 3.03. The molecule has 142 valence electrons. The largest absolute Gasteiger partial charge is 0.481 e. The van der Waals surface area contributed by atoms with Crippen molar-refractivity contribution in [2.24, 2.45) is 0 Å². The minimum Gasteiger partial charge on any atom is -0.481 e. The Hall–Kier alpha value is -2.80. The van der Waals surface area contributed by atoms with Crippen LogP contribution in [0.15, 0.2) is 54.6 Å². The van der Waals surface area contributed by atoms with Crippen molar-refractivity contribution in [2.75, 3.05) is 5.75 Å². The van der Waals surface area contributed by atoms with Crippen molar-refractivity contribution in [1.82, 2.24) is 0 Å². The molecule has 1 atom stereocenters. The fourth-order valence-electron chi connectivity index (χ4n) is 2.32. The van der Waals surface area contributed by atoms with Crippen LogP contribution in [0, 0.1) is 0 Å². The number of benzene rings is 2. The molecule has 7 heteroatoms. The van der Waals surface area contributed by atoms with Gasteiger partial charge in [-0.3, -0.25) is 14.4 Å². The summed E-state index contributed by atoms with van der Waals surface area (Å²) >= 11 is 0.926. The molecule has 0 saturated heterocycles. The number of carbonyl (C=O) groups is 3. The third-order valence-electron chi connectivity index (χ3n) is 3.72. The molecule has 0 amide bonds. The zero-order valence-corrected chi connectivity index (χ0v) is 15.4. The smallest absolute Gasteiger partial charge is 0.317 e. The highest BCUT2D eigenvalue weighted by Crippen LogP contribution is 2.20. The third kappa shape index (κ3) is 7.15. The van der Waals surface area contributed by atoms with E-state index in [2.05, 4.69) is 0 Å². The van der Waals surface area contributed by atoms with Gasteiger partial charge in [0.15, 0.2) is 0 Å². The van der Waals surface area contributed by atoms with E-state index in [9.17, 15) is 14.4 Å². The fourth-order valence-corrected chi connectivity index (χ4v) is 3.29. The maximum absolute atomic E-state index is 11.8. The Morgan fingerprint density at radius 1 is 0.926 bits per heavy atom. The average Bonchev–Trinajstić information content (AvgIpc) is 2.66. The van der Waals surface area contributed by atoms with E-state index in [0.29, 0.717) is 0 Å². The van der Waals surface area contributed by atoms with Gasteiger partial charge in [0.1, 0.15) is 11.9 Å².